The van der Waals surface area contributed by atoms with Crippen molar-refractivity contribution in [1.82, 2.24) is 48.5 Å². The molecule has 0 aliphatic heterocycles. The first kappa shape index (κ1) is 35.1. The second kappa shape index (κ2) is 17.2. The van der Waals surface area contributed by atoms with E-state index in [1.165, 1.54) is 52.8 Å². The molecule has 49 heavy (non-hydrogen) atoms. The van der Waals surface area contributed by atoms with E-state index in [4.69, 9.17) is 0 Å². The molecule has 8 aromatic rings. The SMILES string of the molecule is F[B-](F)(n1cccn1)n1cccn1.[Ru+2].c1ccc([PH+](c2ccccc2)c2ccccc2)cc1.c1cnn([BH-](n2cccn2)n2cccn2)c1. The molecule has 8 rings (SSSR count). The molecule has 0 aliphatic rings. The predicted octanol–water partition coefficient (Wildman–Crippen LogP) is 3.96. The molecule has 0 N–H and O–H groups in total. The summed E-state index contributed by atoms with van der Waals surface area (Å²) in [5.41, 5.74) is 0. The molecule has 0 saturated heterocycles. The van der Waals surface area contributed by atoms with Crippen LogP contribution in [-0.2, 0) is 19.5 Å². The van der Waals surface area contributed by atoms with Crippen LogP contribution in [0.4, 0.5) is 8.63 Å². The topological polar surface area (TPSA) is 89.1 Å². The number of aromatic nitrogens is 10. The van der Waals surface area contributed by atoms with E-state index in [9.17, 15) is 8.63 Å². The van der Waals surface area contributed by atoms with Gasteiger partial charge >= 0.3 is 33.6 Å². The maximum absolute atomic E-state index is 13.4. The molecular formula is C33H32B2F2N10PRu+. The third-order valence-electron chi connectivity index (χ3n) is 7.42. The van der Waals surface area contributed by atoms with Crippen molar-refractivity contribution in [1.29, 1.82) is 0 Å². The standard InChI is InChI=1S/C18H15P.C9H10BN6.C6H6BF2N4.Ru/c1-4-10-16(11-5-1)19(17-12-6-2-7-13-17)18-14-8-3-9-15-18;1-4-11-14(7-1)10(15-8-2-5-12-15)16-9-3-6-13-16;8-7(9,12-5-1-3-10-12)13-6-2-4-11-13;/h1-15H;1-10H;1-6H;/q;2*-1;+2/p+1. The molecule has 0 saturated carbocycles. The Labute approximate surface area is 296 Å². The van der Waals surface area contributed by atoms with E-state index >= 15 is 0 Å². The average Bonchev–Trinajstić information content (AvgIpc) is 3.99. The molecule has 10 nitrogen and oxygen atoms in total. The minimum absolute atomic E-state index is 0. The summed E-state index contributed by atoms with van der Waals surface area (Å²) in [6.07, 6.45) is 16.1. The van der Waals surface area contributed by atoms with E-state index in [0.29, 0.717) is 9.19 Å². The third kappa shape index (κ3) is 8.81. The van der Waals surface area contributed by atoms with Crippen LogP contribution in [-0.4, -0.2) is 62.5 Å². The van der Waals surface area contributed by atoms with Gasteiger partial charge in [0.15, 0.2) is 0 Å². The fourth-order valence-electron chi connectivity index (χ4n) is 5.21. The van der Waals surface area contributed by atoms with E-state index in [1.807, 2.05) is 50.6 Å². The van der Waals surface area contributed by atoms with Gasteiger partial charge < -0.3 is 31.6 Å². The third-order valence-corrected chi connectivity index (χ3v) is 10.2. The monoisotopic (exact) mass is 761 g/mol. The molecule has 0 aliphatic carbocycles. The summed E-state index contributed by atoms with van der Waals surface area (Å²) in [6, 6.07) is 41.1. The second-order valence-electron chi connectivity index (χ2n) is 10.6. The first-order valence-electron chi connectivity index (χ1n) is 15.3. The summed E-state index contributed by atoms with van der Waals surface area (Å²) >= 11 is 0. The zero-order chi connectivity index (χ0) is 33.0. The van der Waals surface area contributed by atoms with Crippen LogP contribution in [0.25, 0.3) is 0 Å². The molecule has 0 spiro atoms. The molecule has 5 aromatic heterocycles. The van der Waals surface area contributed by atoms with Gasteiger partial charge in [-0.15, -0.1) is 0 Å². The first-order chi connectivity index (χ1) is 23.6. The smallest absolute Gasteiger partial charge is 0.436 e. The normalized spacial score (nSPS) is 10.9. The predicted molar refractivity (Wildman–Crippen MR) is 190 cm³/mol. The van der Waals surface area contributed by atoms with Gasteiger partial charge in [0.25, 0.3) is 0 Å². The summed E-state index contributed by atoms with van der Waals surface area (Å²) in [5, 5.41) is 24.0. The molecule has 0 amide bonds. The average molecular weight is 760 g/mol. The second-order valence-corrected chi connectivity index (χ2v) is 13.1. The Bertz CT molecular complexity index is 1790. The number of benzene rings is 3. The molecule has 16 heteroatoms. The van der Waals surface area contributed by atoms with Gasteiger partial charge in [0.2, 0.25) is 0 Å². The fraction of sp³-hybridized carbons (Fsp3) is 0. The van der Waals surface area contributed by atoms with E-state index in [1.54, 1.807) is 18.6 Å². The van der Waals surface area contributed by atoms with Crippen LogP contribution >= 0.6 is 7.92 Å². The zero-order valence-electron chi connectivity index (χ0n) is 26.2. The Kier molecular flexibility index (Phi) is 12.3. The van der Waals surface area contributed by atoms with Crippen molar-refractivity contribution in [2.75, 3.05) is 0 Å². The van der Waals surface area contributed by atoms with Crippen LogP contribution in [0.5, 0.6) is 0 Å². The summed E-state index contributed by atoms with van der Waals surface area (Å²) in [7, 11) is -2.00. The molecule has 3 aromatic carbocycles. The van der Waals surface area contributed by atoms with Gasteiger partial charge in [0, 0.05) is 31.0 Å². The van der Waals surface area contributed by atoms with Crippen molar-refractivity contribution in [3.8, 4) is 0 Å². The van der Waals surface area contributed by atoms with Crippen LogP contribution in [0, 0.1) is 0 Å². The van der Waals surface area contributed by atoms with Gasteiger partial charge in [-0.05, 0) is 97.7 Å². The number of halogens is 2. The molecule has 0 unspecified atom stereocenters. The molecular weight excluding hydrogens is 728 g/mol. The number of rotatable bonds is 8. The van der Waals surface area contributed by atoms with Crippen molar-refractivity contribution in [3.63, 3.8) is 0 Å². The van der Waals surface area contributed by atoms with Crippen molar-refractivity contribution in [3.05, 3.63) is 183 Å². The van der Waals surface area contributed by atoms with Crippen molar-refractivity contribution in [2.45, 2.75) is 0 Å². The summed E-state index contributed by atoms with van der Waals surface area (Å²) in [4.78, 5) is 0. The van der Waals surface area contributed by atoms with E-state index in [0.717, 1.165) is 0 Å². The van der Waals surface area contributed by atoms with Crippen molar-refractivity contribution < 1.29 is 28.1 Å². The van der Waals surface area contributed by atoms with E-state index in [-0.39, 0.29) is 19.5 Å². The Morgan fingerprint density at radius 3 is 1.00 bits per heavy atom. The van der Waals surface area contributed by atoms with E-state index < -0.39 is 22.0 Å². The van der Waals surface area contributed by atoms with Crippen LogP contribution < -0.4 is 15.9 Å². The quantitative estimate of drug-likeness (QED) is 0.173. The van der Waals surface area contributed by atoms with Crippen molar-refractivity contribution >= 4 is 37.9 Å². The van der Waals surface area contributed by atoms with Crippen LogP contribution in [0.2, 0.25) is 0 Å². The first-order valence-corrected chi connectivity index (χ1v) is 16.8. The van der Waals surface area contributed by atoms with Crippen molar-refractivity contribution in [2.24, 2.45) is 0 Å². The molecule has 0 fully saturated rings. The van der Waals surface area contributed by atoms with Gasteiger partial charge in [0.1, 0.15) is 15.9 Å². The number of nitrogens with zero attached hydrogens (tertiary/aromatic N) is 10. The number of hydrogen-bond donors (Lipinski definition) is 0. The molecule has 0 bridgehead atoms. The van der Waals surface area contributed by atoms with E-state index in [2.05, 4.69) is 116 Å². The van der Waals surface area contributed by atoms with Gasteiger partial charge in [0.05, 0.1) is 7.92 Å². The van der Waals surface area contributed by atoms with Gasteiger partial charge in [-0.1, -0.05) is 54.6 Å². The molecule has 0 radical (unpaired) electrons. The Morgan fingerprint density at radius 1 is 0.429 bits per heavy atom. The number of hydrogen-bond acceptors (Lipinski definition) is 5. The minimum Gasteiger partial charge on any atom is -0.436 e. The maximum Gasteiger partial charge on any atom is 2.00 e. The molecule has 0 atom stereocenters. The Hall–Kier alpha value is -5.25. The van der Waals surface area contributed by atoms with Crippen LogP contribution in [0.3, 0.4) is 0 Å². The van der Waals surface area contributed by atoms with Gasteiger partial charge in [-0.2, -0.15) is 0 Å². The zero-order valence-corrected chi connectivity index (χ0v) is 28.9. The summed E-state index contributed by atoms with van der Waals surface area (Å²) in [5.74, 6) is 0. The minimum atomic E-state index is -3.92. The molecule has 5 heterocycles. The van der Waals surface area contributed by atoms with Crippen LogP contribution in [0.1, 0.15) is 0 Å². The largest absolute Gasteiger partial charge is 2.00 e. The summed E-state index contributed by atoms with van der Waals surface area (Å²) < 4.78 is 33.7. The molecule has 246 valence electrons. The fourth-order valence-corrected chi connectivity index (χ4v) is 7.79. The summed E-state index contributed by atoms with van der Waals surface area (Å²) in [6.45, 7) is -3.92. The maximum atomic E-state index is 13.4. The van der Waals surface area contributed by atoms with Gasteiger partial charge in [-0.25, -0.2) is 25.5 Å². The Morgan fingerprint density at radius 2 is 0.735 bits per heavy atom. The van der Waals surface area contributed by atoms with Gasteiger partial charge in [-0.3, -0.25) is 0 Å². The van der Waals surface area contributed by atoms with Crippen LogP contribution in [0.15, 0.2) is 183 Å². The Balaban J connectivity index is 0.000000144.